The number of nitrogens with one attached hydrogen (secondary N) is 1. The van der Waals surface area contributed by atoms with Gasteiger partial charge in [0.1, 0.15) is 11.9 Å². The minimum Gasteiger partial charge on any atom is -0.485 e. The second-order valence-electron chi connectivity index (χ2n) is 13.1. The van der Waals surface area contributed by atoms with Crippen LogP contribution in [0.5, 0.6) is 5.75 Å². The highest BCUT2D eigenvalue weighted by atomic mass is 16.8. The first-order valence-electron chi connectivity index (χ1n) is 17.8. The summed E-state index contributed by atoms with van der Waals surface area (Å²) in [6.07, 6.45) is 9.15. The van der Waals surface area contributed by atoms with Gasteiger partial charge < -0.3 is 33.9 Å². The van der Waals surface area contributed by atoms with E-state index in [4.69, 9.17) is 23.7 Å². The van der Waals surface area contributed by atoms with Crippen molar-refractivity contribution in [2.75, 3.05) is 13.2 Å². The third kappa shape index (κ3) is 11.5. The van der Waals surface area contributed by atoms with E-state index in [9.17, 15) is 9.59 Å². The van der Waals surface area contributed by atoms with Gasteiger partial charge in [0.05, 0.1) is 19.1 Å². The number of fused-ring (bicyclic) bond motifs is 1. The van der Waals surface area contributed by atoms with E-state index in [-0.39, 0.29) is 19.1 Å². The Bertz CT molecular complexity index is 1200. The SMILES string of the molecule is CCCCCCCCCCCCN(C(=O)NCc1ccccc1)C(CC(=O)OCC)[C@@H]1O[C@@H]2OC(C)(C)O[C@@H]2[C@H]1Oc1ccccc1. The van der Waals surface area contributed by atoms with Crippen LogP contribution in [-0.4, -0.2) is 66.5 Å². The Labute approximate surface area is 281 Å². The Hall–Kier alpha value is -3.14. The van der Waals surface area contributed by atoms with Crippen molar-refractivity contribution in [2.45, 2.75) is 141 Å². The summed E-state index contributed by atoms with van der Waals surface area (Å²) in [6.45, 7) is 8.77. The molecular weight excluding hydrogens is 596 g/mol. The summed E-state index contributed by atoms with van der Waals surface area (Å²) in [4.78, 5) is 29.0. The first-order chi connectivity index (χ1) is 22.8. The number of esters is 1. The smallest absolute Gasteiger partial charge is 0.318 e. The van der Waals surface area contributed by atoms with Gasteiger partial charge in [-0.1, -0.05) is 113 Å². The van der Waals surface area contributed by atoms with Crippen LogP contribution in [0.3, 0.4) is 0 Å². The third-order valence-electron chi connectivity index (χ3n) is 8.80. The number of carbonyl (C=O) groups excluding carboxylic acids is 2. The number of ether oxygens (including phenoxy) is 5. The van der Waals surface area contributed by atoms with Crippen molar-refractivity contribution in [1.29, 1.82) is 0 Å². The lowest BCUT2D eigenvalue weighted by Gasteiger charge is -2.38. The molecule has 9 heteroatoms. The molecule has 4 rings (SSSR count). The molecule has 260 valence electrons. The van der Waals surface area contributed by atoms with E-state index in [2.05, 4.69) is 12.2 Å². The molecule has 0 bridgehead atoms. The van der Waals surface area contributed by atoms with Crippen LogP contribution in [0.4, 0.5) is 4.79 Å². The lowest BCUT2D eigenvalue weighted by atomic mass is 9.98. The zero-order valence-corrected chi connectivity index (χ0v) is 28.9. The number of hydrogen-bond donors (Lipinski definition) is 1. The summed E-state index contributed by atoms with van der Waals surface area (Å²) in [6, 6.07) is 18.3. The number of unbranched alkanes of at least 4 members (excludes halogenated alkanes) is 9. The molecule has 0 aromatic heterocycles. The molecule has 5 atom stereocenters. The molecule has 2 aliphatic heterocycles. The molecule has 9 nitrogen and oxygen atoms in total. The number of benzene rings is 2. The molecule has 2 aromatic carbocycles. The molecular formula is C38H56N2O7. The van der Waals surface area contributed by atoms with Crippen LogP contribution in [0, 0.1) is 0 Å². The standard InChI is InChI=1S/C38H56N2O7/c1-5-7-8-9-10-11-12-13-14-21-26-40(37(42)39-28-29-22-17-15-18-23-29)31(27-32(41)43-6-2)33-34(44-30-24-19-16-20-25-30)35-36(45-33)47-38(3,4)46-35/h15-20,22-25,31,33-36H,5-14,21,26-28H2,1-4H3,(H,39,42)/t31?,33-,34-,35+,36+/m0/s1. The van der Waals surface area contributed by atoms with Gasteiger partial charge in [0, 0.05) is 13.1 Å². The molecule has 1 unspecified atom stereocenters. The van der Waals surface area contributed by atoms with Gasteiger partial charge in [-0.2, -0.15) is 0 Å². The fourth-order valence-electron chi connectivity index (χ4n) is 6.46. The van der Waals surface area contributed by atoms with E-state index in [0.29, 0.717) is 18.8 Å². The summed E-state index contributed by atoms with van der Waals surface area (Å²) in [5, 5.41) is 3.10. The monoisotopic (exact) mass is 652 g/mol. The Balaban J connectivity index is 1.53. The van der Waals surface area contributed by atoms with Crippen LogP contribution in [0.1, 0.15) is 104 Å². The molecule has 0 saturated carbocycles. The maximum absolute atomic E-state index is 14.1. The molecule has 2 amide bonds. The van der Waals surface area contributed by atoms with E-state index in [1.54, 1.807) is 11.8 Å². The predicted molar refractivity (Wildman–Crippen MR) is 182 cm³/mol. The van der Waals surface area contributed by atoms with Crippen LogP contribution in [-0.2, 0) is 30.3 Å². The van der Waals surface area contributed by atoms with E-state index in [1.807, 2.05) is 74.5 Å². The molecule has 0 radical (unpaired) electrons. The summed E-state index contributed by atoms with van der Waals surface area (Å²) >= 11 is 0. The van der Waals surface area contributed by atoms with Crippen LogP contribution in [0.15, 0.2) is 60.7 Å². The van der Waals surface area contributed by atoms with Gasteiger partial charge in [0.2, 0.25) is 0 Å². The van der Waals surface area contributed by atoms with Crippen molar-refractivity contribution in [3.8, 4) is 5.75 Å². The number of nitrogens with zero attached hydrogens (tertiary/aromatic N) is 1. The van der Waals surface area contributed by atoms with Gasteiger partial charge in [-0.3, -0.25) is 4.79 Å². The Morgan fingerprint density at radius 3 is 2.11 bits per heavy atom. The molecule has 2 heterocycles. The molecule has 1 N–H and O–H groups in total. The highest BCUT2D eigenvalue weighted by Gasteiger charge is 2.59. The van der Waals surface area contributed by atoms with Crippen LogP contribution in [0.2, 0.25) is 0 Å². The average Bonchev–Trinajstić information content (AvgIpc) is 3.54. The average molecular weight is 653 g/mol. The maximum Gasteiger partial charge on any atom is 0.318 e. The van der Waals surface area contributed by atoms with Gasteiger partial charge in [-0.15, -0.1) is 0 Å². The van der Waals surface area contributed by atoms with Crippen molar-refractivity contribution in [3.05, 3.63) is 66.2 Å². The van der Waals surface area contributed by atoms with Crippen LogP contribution < -0.4 is 10.1 Å². The predicted octanol–water partition coefficient (Wildman–Crippen LogP) is 7.76. The van der Waals surface area contributed by atoms with E-state index in [0.717, 1.165) is 24.8 Å². The minimum absolute atomic E-state index is 0.0491. The lowest BCUT2D eigenvalue weighted by molar-refractivity contribution is -0.219. The quantitative estimate of drug-likeness (QED) is 0.115. The number of para-hydroxylation sites is 1. The second kappa shape index (κ2) is 19.0. The topological polar surface area (TPSA) is 95.6 Å². The molecule has 47 heavy (non-hydrogen) atoms. The molecule has 2 aliphatic rings. The normalized spacial score (nSPS) is 22.0. The van der Waals surface area contributed by atoms with E-state index >= 15 is 0 Å². The molecule has 2 aromatic rings. The zero-order chi connectivity index (χ0) is 33.5. The second-order valence-corrected chi connectivity index (χ2v) is 13.1. The van der Waals surface area contributed by atoms with Gasteiger partial charge in [-0.05, 0) is 44.9 Å². The van der Waals surface area contributed by atoms with Crippen molar-refractivity contribution in [2.24, 2.45) is 0 Å². The fraction of sp³-hybridized carbons (Fsp3) is 0.632. The molecule has 2 saturated heterocycles. The summed E-state index contributed by atoms with van der Waals surface area (Å²) in [5.74, 6) is -0.620. The first kappa shape index (κ1) is 36.7. The first-order valence-corrected chi connectivity index (χ1v) is 17.8. The lowest BCUT2D eigenvalue weighted by Crippen LogP contribution is -2.56. The third-order valence-corrected chi connectivity index (χ3v) is 8.80. The highest BCUT2D eigenvalue weighted by Crippen LogP contribution is 2.41. The molecule has 0 aliphatic carbocycles. The van der Waals surface area contributed by atoms with Gasteiger partial charge in [0.15, 0.2) is 24.3 Å². The molecule has 0 spiro atoms. The van der Waals surface area contributed by atoms with Gasteiger partial charge >= 0.3 is 12.0 Å². The minimum atomic E-state index is -0.863. The van der Waals surface area contributed by atoms with Crippen molar-refractivity contribution < 1.29 is 33.3 Å². The Morgan fingerprint density at radius 2 is 1.47 bits per heavy atom. The summed E-state index contributed by atoms with van der Waals surface area (Å²) in [7, 11) is 0. The Kier molecular flexibility index (Phi) is 14.8. The number of amides is 2. The van der Waals surface area contributed by atoms with Gasteiger partial charge in [0.25, 0.3) is 0 Å². The van der Waals surface area contributed by atoms with Crippen molar-refractivity contribution in [3.63, 3.8) is 0 Å². The number of hydrogen-bond acceptors (Lipinski definition) is 7. The zero-order valence-electron chi connectivity index (χ0n) is 28.9. The molecule has 2 fully saturated rings. The number of urea groups is 1. The number of rotatable bonds is 20. The van der Waals surface area contributed by atoms with E-state index < -0.39 is 42.4 Å². The summed E-state index contributed by atoms with van der Waals surface area (Å²) < 4.78 is 30.9. The maximum atomic E-state index is 14.1. The fourth-order valence-corrected chi connectivity index (χ4v) is 6.46. The highest BCUT2D eigenvalue weighted by molar-refractivity contribution is 5.76. The summed E-state index contributed by atoms with van der Waals surface area (Å²) in [5.41, 5.74) is 0.989. The van der Waals surface area contributed by atoms with Crippen LogP contribution in [0.25, 0.3) is 0 Å². The van der Waals surface area contributed by atoms with Crippen molar-refractivity contribution in [1.82, 2.24) is 10.2 Å². The largest absolute Gasteiger partial charge is 0.485 e. The Morgan fingerprint density at radius 1 is 0.851 bits per heavy atom. The number of carbonyl (C=O) groups is 2. The van der Waals surface area contributed by atoms with E-state index in [1.165, 1.54) is 44.9 Å². The van der Waals surface area contributed by atoms with Crippen molar-refractivity contribution >= 4 is 12.0 Å². The van der Waals surface area contributed by atoms with Crippen LogP contribution >= 0.6 is 0 Å². The van der Waals surface area contributed by atoms with Gasteiger partial charge in [-0.25, -0.2) is 4.79 Å².